The van der Waals surface area contributed by atoms with Gasteiger partial charge in [-0.2, -0.15) is 0 Å². The van der Waals surface area contributed by atoms with Gasteiger partial charge in [-0.15, -0.1) is 0 Å². The summed E-state index contributed by atoms with van der Waals surface area (Å²) in [5.74, 6) is -1.37. The molecule has 1 atom stereocenters. The molecule has 0 aliphatic rings. The zero-order valence-corrected chi connectivity index (χ0v) is 12.7. The third-order valence-corrected chi connectivity index (χ3v) is 3.85. The molecule has 0 saturated heterocycles. The predicted octanol–water partition coefficient (Wildman–Crippen LogP) is 2.42. The maximum Gasteiger partial charge on any atom is 0.379 e. The maximum absolute atomic E-state index is 12.0. The number of carboxylic acids is 1. The standard InChI is InChI=1S/C16H11O6P/c17-15(18)11-6-8-13(21-11)23-14-9-7-12(22-14)16(19)20-10-4-2-1-3-5-10/h1-9,23H,(H,17,18). The van der Waals surface area contributed by atoms with Crippen molar-refractivity contribution in [3.05, 3.63) is 66.1 Å². The fraction of sp³-hybridized carbons (Fsp3) is 0. The van der Waals surface area contributed by atoms with E-state index in [1.54, 1.807) is 36.4 Å². The molecule has 7 heteroatoms. The molecule has 0 amide bonds. The number of rotatable bonds is 5. The molecule has 23 heavy (non-hydrogen) atoms. The molecule has 1 unspecified atom stereocenters. The Bertz CT molecular complexity index is 833. The Balaban J connectivity index is 1.67. The lowest BCUT2D eigenvalue weighted by molar-refractivity contribution is 0.0662. The summed E-state index contributed by atoms with van der Waals surface area (Å²) in [6.45, 7) is 0. The van der Waals surface area contributed by atoms with E-state index in [9.17, 15) is 9.59 Å². The molecular formula is C16H11O6P. The highest BCUT2D eigenvalue weighted by Crippen LogP contribution is 2.17. The second kappa shape index (κ2) is 6.50. The van der Waals surface area contributed by atoms with Crippen LogP contribution in [0.25, 0.3) is 0 Å². The van der Waals surface area contributed by atoms with Crippen LogP contribution in [0, 0.1) is 0 Å². The first-order valence-corrected chi connectivity index (χ1v) is 7.59. The van der Waals surface area contributed by atoms with Gasteiger partial charge in [0.2, 0.25) is 11.5 Å². The van der Waals surface area contributed by atoms with Crippen LogP contribution < -0.4 is 15.7 Å². The molecule has 2 heterocycles. The van der Waals surface area contributed by atoms with E-state index in [-0.39, 0.29) is 20.1 Å². The lowest BCUT2D eigenvalue weighted by Crippen LogP contribution is -2.07. The van der Waals surface area contributed by atoms with Crippen LogP contribution in [-0.4, -0.2) is 17.0 Å². The number of furan rings is 2. The van der Waals surface area contributed by atoms with Crippen LogP contribution in [0.2, 0.25) is 0 Å². The normalized spacial score (nSPS) is 11.0. The first kappa shape index (κ1) is 15.1. The van der Waals surface area contributed by atoms with Crippen LogP contribution in [0.15, 0.2) is 63.4 Å². The number of aromatic carboxylic acids is 1. The second-order valence-corrected chi connectivity index (χ2v) is 5.70. The molecule has 116 valence electrons. The first-order valence-electron chi connectivity index (χ1n) is 6.59. The van der Waals surface area contributed by atoms with Gasteiger partial charge in [-0.05, 0) is 36.4 Å². The van der Waals surface area contributed by atoms with E-state index >= 15 is 0 Å². The van der Waals surface area contributed by atoms with Crippen molar-refractivity contribution in [3.63, 3.8) is 0 Å². The smallest absolute Gasteiger partial charge is 0.379 e. The summed E-state index contributed by atoms with van der Waals surface area (Å²) in [6.07, 6.45) is 0. The fourth-order valence-electron chi connectivity index (χ4n) is 1.80. The van der Waals surface area contributed by atoms with Crippen LogP contribution in [0.4, 0.5) is 0 Å². The minimum absolute atomic E-state index is 0.0327. The first-order chi connectivity index (χ1) is 11.1. The molecule has 0 aliphatic carbocycles. The van der Waals surface area contributed by atoms with Gasteiger partial charge in [0.1, 0.15) is 16.8 Å². The summed E-state index contributed by atoms with van der Waals surface area (Å²) in [5, 5.41) is 8.81. The summed E-state index contributed by atoms with van der Waals surface area (Å²) in [4.78, 5) is 22.7. The van der Waals surface area contributed by atoms with E-state index in [0.717, 1.165) is 0 Å². The van der Waals surface area contributed by atoms with Crippen LogP contribution in [-0.2, 0) is 0 Å². The Hall–Kier alpha value is -2.85. The number of ether oxygens (including phenoxy) is 1. The predicted molar refractivity (Wildman–Crippen MR) is 83.4 cm³/mol. The van der Waals surface area contributed by atoms with Gasteiger partial charge < -0.3 is 18.7 Å². The Kier molecular flexibility index (Phi) is 4.26. The molecule has 2 aromatic heterocycles. The molecule has 0 fully saturated rings. The molecule has 0 radical (unpaired) electrons. The van der Waals surface area contributed by atoms with E-state index in [1.165, 1.54) is 12.1 Å². The van der Waals surface area contributed by atoms with Gasteiger partial charge in [-0.3, -0.25) is 0 Å². The summed E-state index contributed by atoms with van der Waals surface area (Å²) < 4.78 is 15.7. The fourth-order valence-corrected chi connectivity index (χ4v) is 2.70. The molecule has 0 spiro atoms. The maximum atomic E-state index is 12.0. The average molecular weight is 330 g/mol. The molecule has 1 N–H and O–H groups in total. The van der Waals surface area contributed by atoms with Crippen molar-refractivity contribution in [2.45, 2.75) is 0 Å². The van der Waals surface area contributed by atoms with Gasteiger partial charge in [0.05, 0.1) is 0 Å². The van der Waals surface area contributed by atoms with Crippen molar-refractivity contribution in [2.75, 3.05) is 0 Å². The highest BCUT2D eigenvalue weighted by Gasteiger charge is 2.15. The molecule has 0 aliphatic heterocycles. The summed E-state index contributed by atoms with van der Waals surface area (Å²) in [6, 6.07) is 14.7. The average Bonchev–Trinajstić information content (AvgIpc) is 3.18. The minimum Gasteiger partial charge on any atom is -0.475 e. The van der Waals surface area contributed by atoms with Crippen LogP contribution in [0.1, 0.15) is 21.1 Å². The number of carbonyl (C=O) groups excluding carboxylic acids is 1. The number of hydrogen-bond donors (Lipinski definition) is 1. The van der Waals surface area contributed by atoms with Crippen LogP contribution >= 0.6 is 8.58 Å². The van der Waals surface area contributed by atoms with E-state index < -0.39 is 11.9 Å². The largest absolute Gasteiger partial charge is 0.475 e. The zero-order valence-electron chi connectivity index (χ0n) is 11.7. The number of carboxylic acid groups (broad SMARTS) is 1. The van der Waals surface area contributed by atoms with Crippen molar-refractivity contribution >= 4 is 31.5 Å². The molecule has 3 aromatic rings. The summed E-state index contributed by atoms with van der Waals surface area (Å²) >= 11 is 0. The van der Waals surface area contributed by atoms with Crippen LogP contribution in [0.5, 0.6) is 5.75 Å². The molecule has 3 rings (SSSR count). The molecular weight excluding hydrogens is 319 g/mol. The number of para-hydroxylation sites is 1. The van der Waals surface area contributed by atoms with Gasteiger partial charge in [-0.1, -0.05) is 18.2 Å². The van der Waals surface area contributed by atoms with Crippen molar-refractivity contribution in [3.8, 4) is 5.75 Å². The van der Waals surface area contributed by atoms with E-state index in [1.807, 2.05) is 6.07 Å². The lowest BCUT2D eigenvalue weighted by atomic mass is 10.3. The van der Waals surface area contributed by atoms with E-state index in [4.69, 9.17) is 18.7 Å². The lowest BCUT2D eigenvalue weighted by Gasteiger charge is -2.01. The van der Waals surface area contributed by atoms with Crippen molar-refractivity contribution in [2.24, 2.45) is 0 Å². The third-order valence-electron chi connectivity index (χ3n) is 2.82. The third kappa shape index (κ3) is 3.67. The quantitative estimate of drug-likeness (QED) is 0.439. The van der Waals surface area contributed by atoms with Gasteiger partial charge in [-0.25, -0.2) is 9.59 Å². The number of carbonyl (C=O) groups is 2. The van der Waals surface area contributed by atoms with Gasteiger partial charge in [0.15, 0.2) is 0 Å². The van der Waals surface area contributed by atoms with Crippen molar-refractivity contribution in [1.82, 2.24) is 0 Å². The van der Waals surface area contributed by atoms with Crippen molar-refractivity contribution < 1.29 is 28.3 Å². The topological polar surface area (TPSA) is 89.9 Å². The minimum atomic E-state index is -1.13. The Morgan fingerprint density at radius 3 is 2.09 bits per heavy atom. The van der Waals surface area contributed by atoms with Gasteiger partial charge in [0.25, 0.3) is 0 Å². The Morgan fingerprint density at radius 1 is 0.870 bits per heavy atom. The monoisotopic (exact) mass is 330 g/mol. The molecule has 1 aromatic carbocycles. The summed E-state index contributed by atoms with van der Waals surface area (Å²) in [5.41, 5.74) is 0.955. The zero-order chi connectivity index (χ0) is 16.2. The van der Waals surface area contributed by atoms with Crippen LogP contribution in [0.3, 0.4) is 0 Å². The number of esters is 1. The highest BCUT2D eigenvalue weighted by molar-refractivity contribution is 7.54. The summed E-state index contributed by atoms with van der Waals surface area (Å²) in [7, 11) is -0.0327. The van der Waals surface area contributed by atoms with Gasteiger partial charge in [0, 0.05) is 8.58 Å². The highest BCUT2D eigenvalue weighted by atomic mass is 31.1. The van der Waals surface area contributed by atoms with Crippen molar-refractivity contribution in [1.29, 1.82) is 0 Å². The molecule has 0 saturated carbocycles. The Morgan fingerprint density at radius 2 is 1.48 bits per heavy atom. The number of hydrogen-bond acceptors (Lipinski definition) is 5. The van der Waals surface area contributed by atoms with Gasteiger partial charge >= 0.3 is 11.9 Å². The molecule has 0 bridgehead atoms. The Labute approximate surface area is 132 Å². The molecule has 6 nitrogen and oxygen atoms in total. The van der Waals surface area contributed by atoms with E-state index in [2.05, 4.69) is 0 Å². The SMILES string of the molecule is O=C(O)c1ccc(Pc2ccc(C(=O)Oc3ccccc3)o2)o1. The van der Waals surface area contributed by atoms with E-state index in [0.29, 0.717) is 16.8 Å². The second-order valence-electron chi connectivity index (χ2n) is 4.46. The number of benzene rings is 1.